The molecule has 1 fully saturated rings. The monoisotopic (exact) mass is 280 g/mol. The molecule has 0 saturated carbocycles. The standard InChI is InChI=1S/C12H19F3N2O2/c1-4-6-8-9(18)17(7-12(13,14)15)11(3,5-2)10(19)16-8/h8H,4-7H2,1-3H3,(H,16,19). The number of halogens is 3. The Hall–Kier alpha value is -1.27. The molecule has 0 aromatic heterocycles. The van der Waals surface area contributed by atoms with Crippen LogP contribution in [-0.2, 0) is 9.59 Å². The van der Waals surface area contributed by atoms with Gasteiger partial charge >= 0.3 is 6.18 Å². The average molecular weight is 280 g/mol. The van der Waals surface area contributed by atoms with Gasteiger partial charge in [0.05, 0.1) is 0 Å². The van der Waals surface area contributed by atoms with Gasteiger partial charge in [0.15, 0.2) is 0 Å². The Morgan fingerprint density at radius 3 is 2.32 bits per heavy atom. The predicted octanol–water partition coefficient (Wildman–Crippen LogP) is 1.84. The summed E-state index contributed by atoms with van der Waals surface area (Å²) < 4.78 is 37.8. The lowest BCUT2D eigenvalue weighted by Gasteiger charge is -2.46. The highest BCUT2D eigenvalue weighted by molar-refractivity contribution is 5.99. The van der Waals surface area contributed by atoms with E-state index in [4.69, 9.17) is 0 Å². The maximum absolute atomic E-state index is 12.6. The Labute approximate surface area is 110 Å². The van der Waals surface area contributed by atoms with Crippen molar-refractivity contribution >= 4 is 11.8 Å². The van der Waals surface area contributed by atoms with Gasteiger partial charge in [-0.3, -0.25) is 9.59 Å². The molecule has 0 radical (unpaired) electrons. The molecule has 2 atom stereocenters. The number of alkyl halides is 3. The van der Waals surface area contributed by atoms with Gasteiger partial charge in [-0.1, -0.05) is 20.3 Å². The lowest BCUT2D eigenvalue weighted by atomic mass is 9.89. The number of nitrogens with one attached hydrogen (secondary N) is 1. The molecule has 0 aliphatic carbocycles. The van der Waals surface area contributed by atoms with Crippen molar-refractivity contribution in [2.45, 2.75) is 57.8 Å². The molecular weight excluding hydrogens is 261 g/mol. The Bertz CT molecular complexity index is 370. The van der Waals surface area contributed by atoms with Gasteiger partial charge in [0.25, 0.3) is 0 Å². The maximum Gasteiger partial charge on any atom is 0.406 e. The smallest absolute Gasteiger partial charge is 0.342 e. The fourth-order valence-electron chi connectivity index (χ4n) is 2.20. The van der Waals surface area contributed by atoms with E-state index >= 15 is 0 Å². The van der Waals surface area contributed by atoms with Crippen LogP contribution in [0.5, 0.6) is 0 Å². The summed E-state index contributed by atoms with van der Waals surface area (Å²) in [5.41, 5.74) is -1.43. The van der Waals surface area contributed by atoms with Gasteiger partial charge in [-0.2, -0.15) is 13.2 Å². The van der Waals surface area contributed by atoms with Crippen LogP contribution in [0.1, 0.15) is 40.0 Å². The van der Waals surface area contributed by atoms with Gasteiger partial charge < -0.3 is 10.2 Å². The minimum absolute atomic E-state index is 0.138. The van der Waals surface area contributed by atoms with E-state index in [1.165, 1.54) is 6.92 Å². The first-order valence-electron chi connectivity index (χ1n) is 6.35. The summed E-state index contributed by atoms with van der Waals surface area (Å²) >= 11 is 0. The van der Waals surface area contributed by atoms with Crippen LogP contribution in [0.2, 0.25) is 0 Å². The molecule has 2 amide bonds. The first-order chi connectivity index (χ1) is 8.65. The van der Waals surface area contributed by atoms with Crippen LogP contribution in [0.25, 0.3) is 0 Å². The molecule has 19 heavy (non-hydrogen) atoms. The number of amides is 2. The van der Waals surface area contributed by atoms with Gasteiger partial charge in [0.2, 0.25) is 11.8 Å². The van der Waals surface area contributed by atoms with Crippen molar-refractivity contribution in [3.8, 4) is 0 Å². The Morgan fingerprint density at radius 1 is 1.32 bits per heavy atom. The first kappa shape index (κ1) is 15.8. The highest BCUT2D eigenvalue weighted by Gasteiger charge is 2.51. The quantitative estimate of drug-likeness (QED) is 0.854. The van der Waals surface area contributed by atoms with Gasteiger partial charge in [0, 0.05) is 0 Å². The number of carbonyl (C=O) groups is 2. The second-order valence-electron chi connectivity index (χ2n) is 4.98. The number of hydrogen-bond acceptors (Lipinski definition) is 2. The van der Waals surface area contributed by atoms with Crippen molar-refractivity contribution in [1.29, 1.82) is 0 Å². The van der Waals surface area contributed by atoms with Gasteiger partial charge in [-0.05, 0) is 19.8 Å². The molecule has 1 heterocycles. The molecule has 7 heteroatoms. The van der Waals surface area contributed by atoms with Gasteiger partial charge in [-0.15, -0.1) is 0 Å². The number of rotatable bonds is 4. The van der Waals surface area contributed by atoms with E-state index < -0.39 is 36.1 Å². The summed E-state index contributed by atoms with van der Waals surface area (Å²) in [4.78, 5) is 24.8. The average Bonchev–Trinajstić information content (AvgIpc) is 2.30. The van der Waals surface area contributed by atoms with E-state index in [9.17, 15) is 22.8 Å². The van der Waals surface area contributed by atoms with Crippen molar-refractivity contribution < 1.29 is 22.8 Å². The second kappa shape index (κ2) is 5.38. The minimum atomic E-state index is -4.51. The lowest BCUT2D eigenvalue weighted by molar-refractivity contribution is -0.182. The van der Waals surface area contributed by atoms with E-state index in [0.717, 1.165) is 0 Å². The normalized spacial score (nSPS) is 28.5. The molecule has 0 aromatic carbocycles. The summed E-state index contributed by atoms with van der Waals surface area (Å²) in [5.74, 6) is -1.17. The van der Waals surface area contributed by atoms with Crippen LogP contribution in [0.15, 0.2) is 0 Å². The Balaban J connectivity index is 3.07. The zero-order valence-electron chi connectivity index (χ0n) is 11.3. The van der Waals surface area contributed by atoms with Crippen LogP contribution in [0.3, 0.4) is 0 Å². The Morgan fingerprint density at radius 2 is 1.89 bits per heavy atom. The van der Waals surface area contributed by atoms with E-state index in [1.54, 1.807) is 13.8 Å². The van der Waals surface area contributed by atoms with E-state index in [2.05, 4.69) is 5.32 Å². The number of carbonyl (C=O) groups excluding carboxylic acids is 2. The van der Waals surface area contributed by atoms with E-state index in [0.29, 0.717) is 17.7 Å². The summed E-state index contributed by atoms with van der Waals surface area (Å²) in [7, 11) is 0. The molecule has 2 unspecified atom stereocenters. The molecule has 1 aliphatic rings. The van der Waals surface area contributed by atoms with Gasteiger partial charge in [0.1, 0.15) is 18.1 Å². The molecule has 0 aromatic rings. The van der Waals surface area contributed by atoms with Crippen molar-refractivity contribution in [2.75, 3.05) is 6.54 Å². The predicted molar refractivity (Wildman–Crippen MR) is 63.3 cm³/mol. The fraction of sp³-hybridized carbons (Fsp3) is 0.833. The summed E-state index contributed by atoms with van der Waals surface area (Å²) in [6.45, 7) is 3.38. The Kier molecular flexibility index (Phi) is 4.47. The summed E-state index contributed by atoms with van der Waals surface area (Å²) in [6.07, 6.45) is -3.42. The van der Waals surface area contributed by atoms with Crippen LogP contribution < -0.4 is 5.32 Å². The maximum atomic E-state index is 12.6. The third kappa shape index (κ3) is 3.19. The topological polar surface area (TPSA) is 49.4 Å². The van der Waals surface area contributed by atoms with Crippen molar-refractivity contribution in [1.82, 2.24) is 10.2 Å². The third-order valence-corrected chi connectivity index (χ3v) is 3.56. The van der Waals surface area contributed by atoms with Crippen molar-refractivity contribution in [2.24, 2.45) is 0 Å². The highest BCUT2D eigenvalue weighted by atomic mass is 19.4. The number of hydrogen-bond donors (Lipinski definition) is 1. The molecule has 110 valence electrons. The number of piperazine rings is 1. The molecule has 1 N–H and O–H groups in total. The SMILES string of the molecule is CCCC1NC(=O)C(C)(CC)N(CC(F)(F)F)C1=O. The largest absolute Gasteiger partial charge is 0.406 e. The number of nitrogens with zero attached hydrogens (tertiary/aromatic N) is 1. The molecule has 1 aliphatic heterocycles. The van der Waals surface area contributed by atoms with Gasteiger partial charge in [-0.25, -0.2) is 0 Å². The third-order valence-electron chi connectivity index (χ3n) is 3.56. The molecule has 4 nitrogen and oxygen atoms in total. The molecule has 1 saturated heterocycles. The van der Waals surface area contributed by atoms with Crippen molar-refractivity contribution in [3.63, 3.8) is 0 Å². The molecule has 1 rings (SSSR count). The van der Waals surface area contributed by atoms with Crippen LogP contribution >= 0.6 is 0 Å². The molecular formula is C12H19F3N2O2. The second-order valence-corrected chi connectivity index (χ2v) is 4.98. The first-order valence-corrected chi connectivity index (χ1v) is 6.35. The highest BCUT2D eigenvalue weighted by Crippen LogP contribution is 2.30. The zero-order valence-corrected chi connectivity index (χ0v) is 11.3. The van der Waals surface area contributed by atoms with E-state index in [1.807, 2.05) is 0 Å². The molecule has 0 spiro atoms. The lowest BCUT2D eigenvalue weighted by Crippen LogP contribution is -2.70. The summed E-state index contributed by atoms with van der Waals surface area (Å²) in [5, 5.41) is 2.53. The fourth-order valence-corrected chi connectivity index (χ4v) is 2.20. The van der Waals surface area contributed by atoms with Crippen molar-refractivity contribution in [3.05, 3.63) is 0 Å². The van der Waals surface area contributed by atoms with Crippen LogP contribution in [0.4, 0.5) is 13.2 Å². The van der Waals surface area contributed by atoms with Crippen LogP contribution in [-0.4, -0.2) is 41.0 Å². The minimum Gasteiger partial charge on any atom is -0.342 e. The molecule has 0 bridgehead atoms. The van der Waals surface area contributed by atoms with E-state index in [-0.39, 0.29) is 6.42 Å². The summed E-state index contributed by atoms with van der Waals surface area (Å²) in [6, 6.07) is -0.848. The van der Waals surface area contributed by atoms with Crippen LogP contribution in [0, 0.1) is 0 Å². The zero-order chi connectivity index (χ0) is 14.8.